The zero-order valence-corrected chi connectivity index (χ0v) is 31.2. The zero-order valence-electron chi connectivity index (χ0n) is 23.9. The van der Waals surface area contributed by atoms with Gasteiger partial charge in [-0.3, -0.25) is 0 Å². The molecule has 0 spiro atoms. The van der Waals surface area contributed by atoms with Crippen LogP contribution in [0, 0.1) is 0 Å². The molecule has 0 aliphatic rings. The molecule has 1 aromatic heterocycles. The quantitative estimate of drug-likeness (QED) is 0.135. The number of hydrogen-bond donors (Lipinski definition) is 1. The minimum atomic E-state index is -3.23. The molecule has 1 N–H and O–H groups in total. The molecule has 0 unspecified atom stereocenters. The first-order valence-electron chi connectivity index (χ1n) is 14.9. The van der Waals surface area contributed by atoms with Crippen LogP contribution in [0.15, 0.2) is 14.1 Å². The SMILES string of the molecule is CCC[CH2][Sn]([CH2]CCC)([CH2]CCC)[c]1[nH]c(=O)[n]([Sn]([CH2]CCC)([CH2]CCC)[CH2]CCC)c(=O)c1Br. The first-order valence-corrected chi connectivity index (χ1v) is 30.5. The molecule has 0 saturated carbocycles. The van der Waals surface area contributed by atoms with Gasteiger partial charge in [0, 0.05) is 0 Å². The maximum absolute atomic E-state index is 14.2. The number of rotatable bonds is 20. The Hall–Kier alpha value is 0.757. The molecule has 0 atom stereocenters. The molecule has 7 heteroatoms. The van der Waals surface area contributed by atoms with Crippen molar-refractivity contribution in [3.63, 3.8) is 0 Å². The predicted octanol–water partition coefficient (Wildman–Crippen LogP) is 8.55. The molecule has 0 aromatic carbocycles. The topological polar surface area (TPSA) is 54.9 Å². The molecule has 0 radical (unpaired) electrons. The number of nitrogens with one attached hydrogen (secondary N) is 1. The summed E-state index contributed by atoms with van der Waals surface area (Å²) in [5.74, 6) is 0. The van der Waals surface area contributed by atoms with Crippen molar-refractivity contribution in [2.75, 3.05) is 0 Å². The van der Waals surface area contributed by atoms with Crippen LogP contribution in [-0.2, 0) is 0 Å². The first kappa shape index (κ1) is 33.8. The second-order valence-corrected chi connectivity index (χ2v) is 37.2. The van der Waals surface area contributed by atoms with Crippen molar-refractivity contribution in [1.29, 1.82) is 0 Å². The summed E-state index contributed by atoms with van der Waals surface area (Å²) < 4.78 is 10.9. The van der Waals surface area contributed by atoms with E-state index in [1.807, 2.05) is 2.79 Å². The van der Waals surface area contributed by atoms with E-state index < -0.39 is 37.0 Å². The van der Waals surface area contributed by atoms with E-state index in [4.69, 9.17) is 0 Å². The Balaban J connectivity index is 3.82. The minimum absolute atomic E-state index is 0.0356. The second kappa shape index (κ2) is 18.1. The summed E-state index contributed by atoms with van der Waals surface area (Å²) in [5.41, 5.74) is -0.00805. The molecule has 0 amide bonds. The summed E-state index contributed by atoms with van der Waals surface area (Å²) >= 11 is -2.32. The summed E-state index contributed by atoms with van der Waals surface area (Å²) in [7, 11) is 0. The third kappa shape index (κ3) is 9.47. The average molecular weight is 769 g/mol. The monoisotopic (exact) mass is 770 g/mol. The van der Waals surface area contributed by atoms with Gasteiger partial charge in [0.15, 0.2) is 0 Å². The van der Waals surface area contributed by atoms with Crippen LogP contribution < -0.4 is 15.0 Å². The fourth-order valence-electron chi connectivity index (χ4n) is 5.83. The summed E-state index contributed by atoms with van der Waals surface area (Å²) in [6, 6.07) is 0. The van der Waals surface area contributed by atoms with Crippen LogP contribution >= 0.6 is 15.9 Å². The van der Waals surface area contributed by atoms with Gasteiger partial charge in [-0.05, 0) is 0 Å². The number of hydrogen-bond acceptors (Lipinski definition) is 2. The van der Waals surface area contributed by atoms with Crippen molar-refractivity contribution < 1.29 is 0 Å². The Morgan fingerprint density at radius 2 is 0.971 bits per heavy atom. The van der Waals surface area contributed by atoms with Gasteiger partial charge in [0.25, 0.3) is 0 Å². The number of aromatic nitrogens is 2. The van der Waals surface area contributed by atoms with E-state index >= 15 is 0 Å². The summed E-state index contributed by atoms with van der Waals surface area (Å²) in [6.07, 6.45) is 14.0. The Morgan fingerprint density at radius 1 is 0.629 bits per heavy atom. The molecule has 0 fully saturated rings. The number of aromatic amines is 1. The summed E-state index contributed by atoms with van der Waals surface area (Å²) in [6.45, 7) is 13.5. The van der Waals surface area contributed by atoms with E-state index in [1.54, 1.807) is 0 Å². The molecule has 0 aliphatic heterocycles. The molecule has 1 rings (SSSR count). The van der Waals surface area contributed by atoms with E-state index in [9.17, 15) is 9.59 Å². The van der Waals surface area contributed by atoms with Crippen molar-refractivity contribution in [2.45, 2.75) is 145 Å². The Bertz CT molecular complexity index is 794. The van der Waals surface area contributed by atoms with Gasteiger partial charge in [0.2, 0.25) is 0 Å². The third-order valence-corrected chi connectivity index (χ3v) is 40.0. The fourth-order valence-corrected chi connectivity index (χ4v) is 40.9. The average Bonchev–Trinajstić information content (AvgIpc) is 2.86. The first-order chi connectivity index (χ1) is 16.8. The summed E-state index contributed by atoms with van der Waals surface area (Å²) in [5, 5.41) is 0. The fraction of sp³-hybridized carbons (Fsp3) is 0.857. The number of halogens is 1. The number of nitrogens with zero attached hydrogens (tertiary/aromatic N) is 1. The molecule has 35 heavy (non-hydrogen) atoms. The van der Waals surface area contributed by atoms with Gasteiger partial charge in [-0.25, -0.2) is 0 Å². The van der Waals surface area contributed by atoms with E-state index in [0.29, 0.717) is 0 Å². The number of unbranched alkanes of at least 4 members (excludes halogenated alkanes) is 6. The predicted molar refractivity (Wildman–Crippen MR) is 164 cm³/mol. The summed E-state index contributed by atoms with van der Waals surface area (Å²) in [4.78, 5) is 31.7. The van der Waals surface area contributed by atoms with Gasteiger partial charge in [0.05, 0.1) is 0 Å². The van der Waals surface area contributed by atoms with E-state index in [1.165, 1.54) is 51.8 Å². The molecule has 204 valence electrons. The van der Waals surface area contributed by atoms with Gasteiger partial charge in [-0.1, -0.05) is 0 Å². The van der Waals surface area contributed by atoms with E-state index in [0.717, 1.165) is 60.0 Å². The van der Waals surface area contributed by atoms with Crippen molar-refractivity contribution in [2.24, 2.45) is 0 Å². The van der Waals surface area contributed by atoms with Crippen LogP contribution in [-0.4, -0.2) is 44.8 Å². The van der Waals surface area contributed by atoms with Crippen LogP contribution in [0.3, 0.4) is 0 Å². The molecular formula is C28H55BrN2O2Sn2. The second-order valence-electron chi connectivity index (χ2n) is 10.9. The van der Waals surface area contributed by atoms with Crippen molar-refractivity contribution >= 4 is 56.7 Å². The molecule has 0 bridgehead atoms. The van der Waals surface area contributed by atoms with Crippen LogP contribution in [0.2, 0.25) is 26.6 Å². The van der Waals surface area contributed by atoms with Crippen LogP contribution in [0.5, 0.6) is 0 Å². The molecular weight excluding hydrogens is 714 g/mol. The normalized spacial score (nSPS) is 12.4. The molecule has 0 saturated heterocycles. The van der Waals surface area contributed by atoms with Gasteiger partial charge in [-0.2, -0.15) is 0 Å². The van der Waals surface area contributed by atoms with Crippen LogP contribution in [0.4, 0.5) is 0 Å². The maximum atomic E-state index is 14.2. The molecule has 1 heterocycles. The Morgan fingerprint density at radius 3 is 1.31 bits per heavy atom. The molecule has 0 aliphatic carbocycles. The Labute approximate surface area is 233 Å². The molecule has 1 aromatic rings. The molecule has 4 nitrogen and oxygen atoms in total. The van der Waals surface area contributed by atoms with Gasteiger partial charge < -0.3 is 0 Å². The standard InChI is InChI=1S/C4H2BrN2O2.6C4H9.2Sn/c5-2-1-6-4(9)7-3(2)8;6*1-3-4-2;;/h(H2,6,7,8,9);6*1,3-4H2,2H3;;/q;;;;;;;;+1/p-1. The van der Waals surface area contributed by atoms with Crippen molar-refractivity contribution in [3.8, 4) is 0 Å². The van der Waals surface area contributed by atoms with Crippen molar-refractivity contribution in [3.05, 3.63) is 25.3 Å². The third-order valence-electron chi connectivity index (χ3n) is 8.06. The van der Waals surface area contributed by atoms with E-state index in [2.05, 4.69) is 62.5 Å². The zero-order chi connectivity index (χ0) is 26.3. The van der Waals surface area contributed by atoms with E-state index in [-0.39, 0.29) is 11.2 Å². The van der Waals surface area contributed by atoms with Gasteiger partial charge in [-0.15, -0.1) is 0 Å². The van der Waals surface area contributed by atoms with Crippen LogP contribution in [0.1, 0.15) is 119 Å². The van der Waals surface area contributed by atoms with Gasteiger partial charge in [0.1, 0.15) is 0 Å². The Kier molecular flexibility index (Phi) is 17.5. The number of H-pyrrole nitrogens is 1. The van der Waals surface area contributed by atoms with Crippen LogP contribution in [0.25, 0.3) is 0 Å². The van der Waals surface area contributed by atoms with Crippen molar-refractivity contribution in [1.82, 2.24) is 7.77 Å². The van der Waals surface area contributed by atoms with Gasteiger partial charge >= 0.3 is 235 Å².